The van der Waals surface area contributed by atoms with Crippen LogP contribution in [-0.4, -0.2) is 40.1 Å². The van der Waals surface area contributed by atoms with E-state index in [1.54, 1.807) is 18.8 Å². The largest absolute Gasteiger partial charge is 0.356 e. The van der Waals surface area contributed by atoms with Crippen molar-refractivity contribution in [1.29, 1.82) is 0 Å². The molecule has 3 rings (SSSR count). The predicted molar refractivity (Wildman–Crippen MR) is 103 cm³/mol. The number of hydrogen-bond donors (Lipinski definition) is 2. The summed E-state index contributed by atoms with van der Waals surface area (Å²) < 4.78 is 2.22. The molecule has 1 aromatic heterocycles. The fourth-order valence-electron chi connectivity index (χ4n) is 2.75. The van der Waals surface area contributed by atoms with Gasteiger partial charge < -0.3 is 15.2 Å². The van der Waals surface area contributed by atoms with Crippen molar-refractivity contribution in [3.8, 4) is 0 Å². The van der Waals surface area contributed by atoms with Gasteiger partial charge in [-0.3, -0.25) is 4.99 Å². The van der Waals surface area contributed by atoms with Crippen LogP contribution in [-0.2, 0) is 19.5 Å². The number of thioether (sulfide) groups is 1. The summed E-state index contributed by atoms with van der Waals surface area (Å²) >= 11 is 7.68. The molecular formula is C17H23ClN6S. The van der Waals surface area contributed by atoms with E-state index >= 15 is 0 Å². The summed E-state index contributed by atoms with van der Waals surface area (Å²) in [5.41, 5.74) is 0. The smallest absolute Gasteiger partial charge is 0.191 e. The highest BCUT2D eigenvalue weighted by Crippen LogP contribution is 2.19. The molecular weight excluding hydrogens is 356 g/mol. The molecule has 0 aliphatic carbocycles. The molecule has 0 saturated heterocycles. The maximum atomic E-state index is 5.90. The molecule has 6 nitrogen and oxygen atoms in total. The van der Waals surface area contributed by atoms with E-state index in [2.05, 4.69) is 30.4 Å². The quantitative estimate of drug-likeness (QED) is 0.350. The van der Waals surface area contributed by atoms with Crippen LogP contribution in [0.3, 0.4) is 0 Å². The number of benzene rings is 1. The van der Waals surface area contributed by atoms with Crippen LogP contribution in [0.1, 0.15) is 24.5 Å². The average molecular weight is 379 g/mol. The molecule has 25 heavy (non-hydrogen) atoms. The third kappa shape index (κ3) is 5.12. The Labute approximate surface area is 157 Å². The van der Waals surface area contributed by atoms with Gasteiger partial charge in [-0.05, 0) is 37.1 Å². The summed E-state index contributed by atoms with van der Waals surface area (Å²) in [6.07, 6.45) is 3.44. The molecule has 1 aromatic carbocycles. The lowest BCUT2D eigenvalue weighted by Crippen LogP contribution is -2.38. The summed E-state index contributed by atoms with van der Waals surface area (Å²) in [4.78, 5) is 5.48. The number of fused-ring (bicyclic) bond motifs is 1. The van der Waals surface area contributed by atoms with Crippen LogP contribution in [0.5, 0.6) is 0 Å². The van der Waals surface area contributed by atoms with E-state index in [0.29, 0.717) is 6.54 Å². The second-order valence-corrected chi connectivity index (χ2v) is 7.40. The summed E-state index contributed by atoms with van der Waals surface area (Å²) in [7, 11) is 1.78. The highest BCUT2D eigenvalue weighted by atomic mass is 35.5. The van der Waals surface area contributed by atoms with Crippen molar-refractivity contribution in [2.24, 2.45) is 4.99 Å². The molecule has 0 radical (unpaired) electrons. The lowest BCUT2D eigenvalue weighted by Gasteiger charge is -2.16. The fourth-order valence-corrected chi connectivity index (χ4v) is 3.65. The van der Waals surface area contributed by atoms with Gasteiger partial charge in [-0.2, -0.15) is 0 Å². The van der Waals surface area contributed by atoms with Crippen LogP contribution in [0.4, 0.5) is 0 Å². The zero-order chi connectivity index (χ0) is 17.5. The van der Waals surface area contributed by atoms with Crippen molar-refractivity contribution in [1.82, 2.24) is 25.4 Å². The Morgan fingerprint density at radius 2 is 2.08 bits per heavy atom. The number of hydrogen-bond acceptors (Lipinski definition) is 4. The van der Waals surface area contributed by atoms with E-state index in [9.17, 15) is 0 Å². The Morgan fingerprint density at radius 3 is 2.88 bits per heavy atom. The molecule has 2 aromatic rings. The number of nitrogens with one attached hydrogen (secondary N) is 2. The molecule has 134 valence electrons. The molecule has 0 atom stereocenters. The van der Waals surface area contributed by atoms with E-state index in [4.69, 9.17) is 11.6 Å². The SMILES string of the molecule is CN=C(NCCSc1ccc(Cl)cc1)NCc1nnc2n1CCCC2. The maximum absolute atomic E-state index is 5.90. The number of rotatable bonds is 6. The van der Waals surface area contributed by atoms with Gasteiger partial charge >= 0.3 is 0 Å². The first kappa shape index (κ1) is 18.1. The minimum Gasteiger partial charge on any atom is -0.356 e. The third-order valence-electron chi connectivity index (χ3n) is 4.05. The first-order valence-electron chi connectivity index (χ1n) is 8.50. The van der Waals surface area contributed by atoms with Gasteiger partial charge in [0.15, 0.2) is 11.8 Å². The molecule has 8 heteroatoms. The molecule has 0 unspecified atom stereocenters. The molecule has 1 aliphatic heterocycles. The van der Waals surface area contributed by atoms with Crippen molar-refractivity contribution >= 4 is 29.3 Å². The van der Waals surface area contributed by atoms with Crippen LogP contribution in [0, 0.1) is 0 Å². The Hall–Kier alpha value is -1.73. The number of aliphatic imine (C=N–C) groups is 1. The van der Waals surface area contributed by atoms with Gasteiger partial charge in [0.05, 0.1) is 6.54 Å². The molecule has 0 spiro atoms. The minimum absolute atomic E-state index is 0.636. The minimum atomic E-state index is 0.636. The standard InChI is InChI=1S/C17H23ClN6S/c1-19-17(20-9-11-25-14-7-5-13(18)6-8-14)21-12-16-23-22-15-4-2-3-10-24(15)16/h5-8H,2-4,9-12H2,1H3,(H2,19,20,21). The van der Waals surface area contributed by atoms with Crippen molar-refractivity contribution in [3.63, 3.8) is 0 Å². The first-order chi connectivity index (χ1) is 12.3. The Kier molecular flexibility index (Phi) is 6.58. The van der Waals surface area contributed by atoms with Crippen molar-refractivity contribution in [2.75, 3.05) is 19.3 Å². The van der Waals surface area contributed by atoms with E-state index in [-0.39, 0.29) is 0 Å². The zero-order valence-electron chi connectivity index (χ0n) is 14.3. The molecule has 0 bridgehead atoms. The van der Waals surface area contributed by atoms with Gasteiger partial charge in [0, 0.05) is 42.2 Å². The van der Waals surface area contributed by atoms with Gasteiger partial charge in [-0.15, -0.1) is 22.0 Å². The molecule has 2 heterocycles. The number of aromatic nitrogens is 3. The molecule has 0 saturated carbocycles. The van der Waals surface area contributed by atoms with Crippen LogP contribution >= 0.6 is 23.4 Å². The van der Waals surface area contributed by atoms with E-state index in [0.717, 1.165) is 47.9 Å². The van der Waals surface area contributed by atoms with E-state index in [1.807, 2.05) is 24.3 Å². The summed E-state index contributed by atoms with van der Waals surface area (Å²) in [6, 6.07) is 7.90. The fraction of sp³-hybridized carbons (Fsp3) is 0.471. The van der Waals surface area contributed by atoms with Crippen molar-refractivity contribution < 1.29 is 0 Å². The molecule has 0 fully saturated rings. The predicted octanol–water partition coefficient (Wildman–Crippen LogP) is 2.73. The average Bonchev–Trinajstić information content (AvgIpc) is 3.06. The van der Waals surface area contributed by atoms with E-state index < -0.39 is 0 Å². The summed E-state index contributed by atoms with van der Waals surface area (Å²) in [6.45, 7) is 2.48. The highest BCUT2D eigenvalue weighted by Gasteiger charge is 2.15. The lowest BCUT2D eigenvalue weighted by molar-refractivity contribution is 0.504. The second-order valence-electron chi connectivity index (χ2n) is 5.80. The van der Waals surface area contributed by atoms with Gasteiger partial charge in [-0.1, -0.05) is 11.6 Å². The van der Waals surface area contributed by atoms with Crippen LogP contribution in [0.2, 0.25) is 5.02 Å². The Morgan fingerprint density at radius 1 is 1.24 bits per heavy atom. The maximum Gasteiger partial charge on any atom is 0.191 e. The first-order valence-corrected chi connectivity index (χ1v) is 9.86. The number of nitrogens with zero attached hydrogens (tertiary/aromatic N) is 4. The number of aryl methyl sites for hydroxylation is 1. The molecule has 2 N–H and O–H groups in total. The number of halogens is 1. The summed E-state index contributed by atoms with van der Waals surface area (Å²) in [5.74, 6) is 3.81. The highest BCUT2D eigenvalue weighted by molar-refractivity contribution is 7.99. The van der Waals surface area contributed by atoms with Gasteiger partial charge in [0.1, 0.15) is 5.82 Å². The zero-order valence-corrected chi connectivity index (χ0v) is 15.9. The van der Waals surface area contributed by atoms with Gasteiger partial charge in [0.25, 0.3) is 0 Å². The van der Waals surface area contributed by atoms with Crippen LogP contribution in [0.15, 0.2) is 34.2 Å². The topological polar surface area (TPSA) is 67.1 Å². The number of guanidine groups is 1. The van der Waals surface area contributed by atoms with Crippen LogP contribution in [0.25, 0.3) is 0 Å². The monoisotopic (exact) mass is 378 g/mol. The van der Waals surface area contributed by atoms with E-state index in [1.165, 1.54) is 17.7 Å². The Balaban J connectivity index is 1.41. The molecule has 0 amide bonds. The second kappa shape index (κ2) is 9.10. The van der Waals surface area contributed by atoms with Crippen molar-refractivity contribution in [3.05, 3.63) is 40.9 Å². The van der Waals surface area contributed by atoms with Gasteiger partial charge in [0.2, 0.25) is 0 Å². The van der Waals surface area contributed by atoms with Crippen LogP contribution < -0.4 is 10.6 Å². The lowest BCUT2D eigenvalue weighted by atomic mass is 10.2. The Bertz CT molecular complexity index is 712. The van der Waals surface area contributed by atoms with Crippen molar-refractivity contribution in [2.45, 2.75) is 37.2 Å². The molecule has 1 aliphatic rings. The third-order valence-corrected chi connectivity index (χ3v) is 5.32. The normalized spacial score (nSPS) is 14.2. The van der Waals surface area contributed by atoms with Gasteiger partial charge in [-0.25, -0.2) is 0 Å². The summed E-state index contributed by atoms with van der Waals surface area (Å²) in [5, 5.41) is 16.0.